The van der Waals surface area contributed by atoms with Gasteiger partial charge in [-0.1, -0.05) is 0 Å². The summed E-state index contributed by atoms with van der Waals surface area (Å²) >= 11 is 0. The molecular formula is C13H20N4O. The lowest BCUT2D eigenvalue weighted by molar-refractivity contribution is 0.382. The number of anilines is 1. The fourth-order valence-corrected chi connectivity index (χ4v) is 1.65. The second-order valence-electron chi connectivity index (χ2n) is 5.42. The molecule has 1 aromatic rings. The van der Waals surface area contributed by atoms with Gasteiger partial charge in [0.05, 0.1) is 12.5 Å². The molecule has 0 saturated heterocycles. The molecular weight excluding hydrogens is 228 g/mol. The number of rotatable bonds is 3. The monoisotopic (exact) mass is 248 g/mol. The molecule has 0 radical (unpaired) electrons. The first-order valence-corrected chi connectivity index (χ1v) is 5.97. The highest BCUT2D eigenvalue weighted by Crippen LogP contribution is 2.13. The van der Waals surface area contributed by atoms with Crippen molar-refractivity contribution in [3.05, 3.63) is 22.7 Å². The molecule has 0 spiro atoms. The maximum Gasteiger partial charge on any atom is 0.293 e. The minimum absolute atomic E-state index is 0.0361. The fraction of sp³-hybridized carbons (Fsp3) is 0.615. The Balaban J connectivity index is 3.21. The average Bonchev–Trinajstić information content (AvgIpc) is 2.27. The van der Waals surface area contributed by atoms with Crippen molar-refractivity contribution in [3.63, 3.8) is 0 Å². The highest BCUT2D eigenvalue weighted by Gasteiger charge is 2.20. The Morgan fingerprint density at radius 3 is 2.67 bits per heavy atom. The van der Waals surface area contributed by atoms with Crippen LogP contribution in [0.5, 0.6) is 0 Å². The second kappa shape index (κ2) is 5.21. The van der Waals surface area contributed by atoms with Gasteiger partial charge in [-0.25, -0.2) is 4.98 Å². The molecule has 18 heavy (non-hydrogen) atoms. The topological polar surface area (TPSA) is 61.9 Å². The minimum atomic E-state index is -0.284. The highest BCUT2D eigenvalue weighted by atomic mass is 16.1. The molecule has 1 unspecified atom stereocenters. The minimum Gasteiger partial charge on any atom is -0.351 e. The van der Waals surface area contributed by atoms with E-state index in [0.29, 0.717) is 12.2 Å². The smallest absolute Gasteiger partial charge is 0.293 e. The molecule has 0 aromatic carbocycles. The van der Waals surface area contributed by atoms with Crippen LogP contribution in [-0.4, -0.2) is 22.6 Å². The van der Waals surface area contributed by atoms with Crippen LogP contribution in [0.4, 0.5) is 5.82 Å². The zero-order chi connectivity index (χ0) is 13.9. The summed E-state index contributed by atoms with van der Waals surface area (Å²) in [5.41, 5.74) is -0.411. The molecule has 1 atom stereocenters. The number of aromatic nitrogens is 2. The first-order chi connectivity index (χ1) is 8.29. The number of hydrogen-bond acceptors (Lipinski definition) is 4. The molecule has 0 aliphatic heterocycles. The predicted octanol–water partition coefficient (Wildman–Crippen LogP) is 1.74. The Morgan fingerprint density at radius 1 is 1.56 bits per heavy atom. The van der Waals surface area contributed by atoms with Crippen LogP contribution in [0.2, 0.25) is 0 Å². The molecule has 5 heteroatoms. The normalized spacial score (nSPS) is 12.9. The van der Waals surface area contributed by atoms with E-state index >= 15 is 0 Å². The van der Waals surface area contributed by atoms with Crippen LogP contribution in [-0.2, 0) is 5.54 Å². The first-order valence-electron chi connectivity index (χ1n) is 5.97. The molecule has 5 nitrogen and oxygen atoms in total. The third-order valence-electron chi connectivity index (χ3n) is 2.93. The summed E-state index contributed by atoms with van der Waals surface area (Å²) < 4.78 is 1.66. The van der Waals surface area contributed by atoms with Crippen LogP contribution < -0.4 is 10.5 Å². The SMILES string of the molecule is CC(CC#N)N(C)c1nccn(C(C)(C)C)c1=O. The van der Waals surface area contributed by atoms with Crippen LogP contribution >= 0.6 is 0 Å². The Morgan fingerprint density at radius 2 is 2.17 bits per heavy atom. The summed E-state index contributed by atoms with van der Waals surface area (Å²) in [6.07, 6.45) is 3.67. The van der Waals surface area contributed by atoms with E-state index in [9.17, 15) is 4.79 Å². The van der Waals surface area contributed by atoms with Gasteiger partial charge in [0.1, 0.15) is 0 Å². The van der Waals surface area contributed by atoms with E-state index in [0.717, 1.165) is 0 Å². The summed E-state index contributed by atoms with van der Waals surface area (Å²) in [7, 11) is 1.79. The van der Waals surface area contributed by atoms with E-state index in [4.69, 9.17) is 5.26 Å². The van der Waals surface area contributed by atoms with Crippen molar-refractivity contribution < 1.29 is 0 Å². The molecule has 0 bridgehead atoms. The largest absolute Gasteiger partial charge is 0.351 e. The van der Waals surface area contributed by atoms with E-state index in [-0.39, 0.29) is 17.1 Å². The van der Waals surface area contributed by atoms with Crippen LogP contribution in [0.1, 0.15) is 34.1 Å². The van der Waals surface area contributed by atoms with Crippen LogP contribution in [0.25, 0.3) is 0 Å². The number of hydrogen-bond donors (Lipinski definition) is 0. The maximum atomic E-state index is 12.3. The van der Waals surface area contributed by atoms with E-state index in [1.165, 1.54) is 0 Å². The molecule has 0 saturated carbocycles. The quantitative estimate of drug-likeness (QED) is 0.817. The standard InChI is InChI=1S/C13H20N4O/c1-10(6-7-14)16(5)11-12(18)17(9-8-15-11)13(2,3)4/h8-10H,6H2,1-5H3. The van der Waals surface area contributed by atoms with Crippen molar-refractivity contribution in [2.24, 2.45) is 0 Å². The Kier molecular flexibility index (Phi) is 4.12. The summed E-state index contributed by atoms with van der Waals surface area (Å²) in [6, 6.07) is 2.07. The Hall–Kier alpha value is -1.83. The third-order valence-corrected chi connectivity index (χ3v) is 2.93. The van der Waals surface area contributed by atoms with Crippen molar-refractivity contribution in [1.82, 2.24) is 9.55 Å². The lowest BCUT2D eigenvalue weighted by Gasteiger charge is -2.27. The molecule has 0 amide bonds. The molecule has 0 N–H and O–H groups in total. The van der Waals surface area contributed by atoms with Gasteiger partial charge in [0, 0.05) is 31.0 Å². The zero-order valence-corrected chi connectivity index (χ0v) is 11.6. The van der Waals surface area contributed by atoms with E-state index in [1.54, 1.807) is 28.9 Å². The van der Waals surface area contributed by atoms with Crippen LogP contribution in [0.15, 0.2) is 17.2 Å². The van der Waals surface area contributed by atoms with Gasteiger partial charge in [-0.2, -0.15) is 5.26 Å². The maximum absolute atomic E-state index is 12.3. The summed E-state index contributed by atoms with van der Waals surface area (Å²) in [5.74, 6) is 0.384. The molecule has 0 fully saturated rings. The van der Waals surface area contributed by atoms with Gasteiger partial charge in [0.2, 0.25) is 0 Å². The molecule has 1 aromatic heterocycles. The summed E-state index contributed by atoms with van der Waals surface area (Å²) in [5, 5.41) is 8.71. The van der Waals surface area contributed by atoms with Crippen molar-refractivity contribution in [2.75, 3.05) is 11.9 Å². The lowest BCUT2D eigenvalue weighted by Crippen LogP contribution is -2.40. The highest BCUT2D eigenvalue weighted by molar-refractivity contribution is 5.36. The van der Waals surface area contributed by atoms with Crippen molar-refractivity contribution in [2.45, 2.75) is 45.7 Å². The first kappa shape index (κ1) is 14.2. The van der Waals surface area contributed by atoms with Crippen molar-refractivity contribution in [3.8, 4) is 6.07 Å². The molecule has 98 valence electrons. The van der Waals surface area contributed by atoms with Gasteiger partial charge in [-0.3, -0.25) is 4.79 Å². The fourth-order valence-electron chi connectivity index (χ4n) is 1.65. The van der Waals surface area contributed by atoms with E-state index in [2.05, 4.69) is 11.1 Å². The van der Waals surface area contributed by atoms with Gasteiger partial charge in [-0.05, 0) is 27.7 Å². The van der Waals surface area contributed by atoms with Gasteiger partial charge >= 0.3 is 0 Å². The number of nitriles is 1. The Bertz CT molecular complexity index is 507. The van der Waals surface area contributed by atoms with E-state index < -0.39 is 0 Å². The predicted molar refractivity (Wildman–Crippen MR) is 71.6 cm³/mol. The summed E-state index contributed by atoms with van der Waals surface area (Å²) in [4.78, 5) is 18.2. The third kappa shape index (κ3) is 2.89. The van der Waals surface area contributed by atoms with Crippen LogP contribution in [0, 0.1) is 11.3 Å². The van der Waals surface area contributed by atoms with Gasteiger partial charge in [0.25, 0.3) is 5.56 Å². The van der Waals surface area contributed by atoms with Gasteiger partial charge in [-0.15, -0.1) is 0 Å². The Labute approximate surface area is 108 Å². The average molecular weight is 248 g/mol. The van der Waals surface area contributed by atoms with Crippen LogP contribution in [0.3, 0.4) is 0 Å². The van der Waals surface area contributed by atoms with Crippen molar-refractivity contribution >= 4 is 5.82 Å². The molecule has 1 heterocycles. The second-order valence-corrected chi connectivity index (χ2v) is 5.42. The summed E-state index contributed by atoms with van der Waals surface area (Å²) in [6.45, 7) is 7.81. The number of nitrogens with zero attached hydrogens (tertiary/aromatic N) is 4. The van der Waals surface area contributed by atoms with Gasteiger partial charge in [0.15, 0.2) is 5.82 Å². The zero-order valence-electron chi connectivity index (χ0n) is 11.6. The molecule has 1 rings (SSSR count). The molecule has 0 aliphatic carbocycles. The van der Waals surface area contributed by atoms with Crippen molar-refractivity contribution in [1.29, 1.82) is 5.26 Å². The molecule has 0 aliphatic rings. The van der Waals surface area contributed by atoms with Gasteiger partial charge < -0.3 is 9.47 Å². The van der Waals surface area contributed by atoms with E-state index in [1.807, 2.05) is 27.7 Å². The lowest BCUT2D eigenvalue weighted by atomic mass is 10.1.